The molecule has 0 aliphatic carbocycles. The lowest BCUT2D eigenvalue weighted by Crippen LogP contribution is -2.44. The molecular formula is C24H30N6O4. The van der Waals surface area contributed by atoms with E-state index in [9.17, 15) is 14.4 Å². The van der Waals surface area contributed by atoms with Crippen LogP contribution in [0.15, 0.2) is 36.7 Å². The van der Waals surface area contributed by atoms with Gasteiger partial charge in [-0.25, -0.2) is 14.8 Å². The predicted molar refractivity (Wildman–Crippen MR) is 132 cm³/mol. The molecular weight excluding hydrogens is 436 g/mol. The molecule has 3 amide bonds. The molecule has 0 saturated heterocycles. The van der Waals surface area contributed by atoms with Gasteiger partial charge in [0.25, 0.3) is 0 Å². The lowest BCUT2D eigenvalue weighted by atomic mass is 10.1. The van der Waals surface area contributed by atoms with E-state index < -0.39 is 12.0 Å². The number of allylic oxidation sites excluding steroid dienone is 2. The second-order valence-corrected chi connectivity index (χ2v) is 7.34. The number of carbonyl (C=O) groups is 3. The minimum absolute atomic E-state index is 0.164. The smallest absolute Gasteiger partial charge is 0.407 e. The first-order chi connectivity index (χ1) is 16.3. The number of aromatic nitrogens is 2. The molecule has 0 aliphatic rings. The second-order valence-electron chi connectivity index (χ2n) is 7.34. The van der Waals surface area contributed by atoms with Crippen molar-refractivity contribution in [3.8, 4) is 0 Å². The van der Waals surface area contributed by atoms with E-state index in [0.717, 1.165) is 21.6 Å². The summed E-state index contributed by atoms with van der Waals surface area (Å²) in [6, 6.07) is 5.26. The maximum absolute atomic E-state index is 12.5. The number of hydrogen-bond donors (Lipinski definition) is 3. The molecule has 10 nitrogen and oxygen atoms in total. The van der Waals surface area contributed by atoms with Crippen LogP contribution >= 0.6 is 0 Å². The van der Waals surface area contributed by atoms with Crippen LogP contribution in [0.25, 0.3) is 18.2 Å². The van der Waals surface area contributed by atoms with E-state index in [4.69, 9.17) is 5.73 Å². The number of anilines is 2. The van der Waals surface area contributed by atoms with Gasteiger partial charge >= 0.3 is 6.09 Å². The highest BCUT2D eigenvalue weighted by atomic mass is 16.5. The van der Waals surface area contributed by atoms with Gasteiger partial charge in [0.05, 0.1) is 13.7 Å². The standard InChI is InChI=1S/C24H30N6O4/c1-5-9-30(23(32)14-28-24(33)34-4)15-22(31)29-21-8-7-18(13-27-21)17(6-2)10-19-11-20(25)26-12-16(19)3/h6-8,10-13H,3,5,9,14-15,25H2,1-2,4H3,(H,28,33)(H,27,29,31)/b17-6?,19-10-. The molecule has 2 rings (SSSR count). The van der Waals surface area contributed by atoms with Gasteiger partial charge in [-0.1, -0.05) is 19.6 Å². The Morgan fingerprint density at radius 2 is 2.00 bits per heavy atom. The lowest BCUT2D eigenvalue weighted by Gasteiger charge is -2.21. The average molecular weight is 467 g/mol. The van der Waals surface area contributed by atoms with E-state index in [-0.39, 0.29) is 19.0 Å². The maximum atomic E-state index is 12.5. The molecule has 10 heteroatoms. The van der Waals surface area contributed by atoms with E-state index in [1.807, 2.05) is 32.1 Å². The molecule has 4 N–H and O–H groups in total. The Labute approximate surface area is 198 Å². The highest BCUT2D eigenvalue weighted by molar-refractivity contribution is 5.95. The Morgan fingerprint density at radius 1 is 1.24 bits per heavy atom. The largest absolute Gasteiger partial charge is 0.453 e. The first-order valence-corrected chi connectivity index (χ1v) is 10.7. The molecule has 0 atom stereocenters. The van der Waals surface area contributed by atoms with Crippen molar-refractivity contribution >= 4 is 47.8 Å². The number of nitrogens with zero attached hydrogens (tertiary/aromatic N) is 3. The first-order valence-electron chi connectivity index (χ1n) is 10.7. The normalized spacial score (nSPS) is 11.6. The number of alkyl carbamates (subject to hydrolysis) is 1. The van der Waals surface area contributed by atoms with Crippen LogP contribution in [0.1, 0.15) is 25.8 Å². The third-order valence-corrected chi connectivity index (χ3v) is 4.78. The Morgan fingerprint density at radius 3 is 2.62 bits per heavy atom. The molecule has 0 aliphatic heterocycles. The fourth-order valence-corrected chi connectivity index (χ4v) is 3.04. The third kappa shape index (κ3) is 7.73. The Bertz CT molecular complexity index is 1160. The van der Waals surface area contributed by atoms with E-state index in [1.165, 1.54) is 12.0 Å². The van der Waals surface area contributed by atoms with Gasteiger partial charge in [0.1, 0.15) is 18.2 Å². The number of pyridine rings is 2. The van der Waals surface area contributed by atoms with Crippen molar-refractivity contribution < 1.29 is 19.1 Å². The number of ether oxygens (including phenoxy) is 1. The summed E-state index contributed by atoms with van der Waals surface area (Å²) in [4.78, 5) is 45.7. The zero-order valence-corrected chi connectivity index (χ0v) is 19.6. The molecule has 2 heterocycles. The van der Waals surface area contributed by atoms with Crippen molar-refractivity contribution in [3.63, 3.8) is 0 Å². The van der Waals surface area contributed by atoms with Crippen molar-refractivity contribution in [2.45, 2.75) is 20.3 Å². The van der Waals surface area contributed by atoms with Crippen LogP contribution in [-0.2, 0) is 14.3 Å². The molecule has 0 spiro atoms. The van der Waals surface area contributed by atoms with E-state index in [2.05, 4.69) is 31.9 Å². The summed E-state index contributed by atoms with van der Waals surface area (Å²) in [7, 11) is 1.21. The predicted octanol–water partition coefficient (Wildman–Crippen LogP) is 0.886. The molecule has 0 unspecified atom stereocenters. The fraction of sp³-hybridized carbons (Fsp3) is 0.292. The number of nitrogen functional groups attached to an aromatic ring is 1. The number of methoxy groups -OCH3 is 1. The molecule has 2 aromatic rings. The number of nitrogens with one attached hydrogen (secondary N) is 2. The molecule has 2 aromatic heterocycles. The minimum Gasteiger partial charge on any atom is -0.453 e. The quantitative estimate of drug-likeness (QED) is 0.499. The zero-order valence-electron chi connectivity index (χ0n) is 19.6. The van der Waals surface area contributed by atoms with Crippen molar-refractivity contribution in [2.75, 3.05) is 37.8 Å². The Kier molecular flexibility index (Phi) is 9.75. The van der Waals surface area contributed by atoms with Crippen molar-refractivity contribution in [1.29, 1.82) is 0 Å². The summed E-state index contributed by atoms with van der Waals surface area (Å²) in [5, 5.41) is 6.61. The number of nitrogens with two attached hydrogens (primary N) is 1. The number of amides is 3. The molecule has 0 bridgehead atoms. The summed E-state index contributed by atoms with van der Waals surface area (Å²) in [6.07, 6.45) is 7.07. The summed E-state index contributed by atoms with van der Waals surface area (Å²) in [5.74, 6) is -0.0267. The third-order valence-electron chi connectivity index (χ3n) is 4.78. The van der Waals surface area contributed by atoms with Crippen LogP contribution in [0, 0.1) is 0 Å². The molecule has 0 fully saturated rings. The van der Waals surface area contributed by atoms with Gasteiger partial charge in [-0.2, -0.15) is 0 Å². The van der Waals surface area contributed by atoms with Crippen molar-refractivity contribution in [2.24, 2.45) is 0 Å². The summed E-state index contributed by atoms with van der Waals surface area (Å²) in [5.41, 5.74) is 7.52. The summed E-state index contributed by atoms with van der Waals surface area (Å²) < 4.78 is 4.45. The highest BCUT2D eigenvalue weighted by Crippen LogP contribution is 2.16. The second kappa shape index (κ2) is 12.7. The van der Waals surface area contributed by atoms with Crippen LogP contribution in [0.5, 0.6) is 0 Å². The fourth-order valence-electron chi connectivity index (χ4n) is 3.04. The first kappa shape index (κ1) is 26.0. The van der Waals surface area contributed by atoms with E-state index in [1.54, 1.807) is 24.5 Å². The number of carbonyl (C=O) groups excluding carboxylic acids is 3. The van der Waals surface area contributed by atoms with Crippen LogP contribution in [0.3, 0.4) is 0 Å². The summed E-state index contributed by atoms with van der Waals surface area (Å²) >= 11 is 0. The van der Waals surface area contributed by atoms with Gasteiger partial charge in [0.15, 0.2) is 0 Å². The van der Waals surface area contributed by atoms with Gasteiger partial charge in [-0.05, 0) is 59.2 Å². The monoisotopic (exact) mass is 466 g/mol. The Hall–Kier alpha value is -4.21. The van der Waals surface area contributed by atoms with Crippen molar-refractivity contribution in [3.05, 3.63) is 52.7 Å². The van der Waals surface area contributed by atoms with Crippen LogP contribution in [-0.4, -0.2) is 59.5 Å². The minimum atomic E-state index is -0.713. The molecule has 0 aromatic carbocycles. The topological polar surface area (TPSA) is 140 Å². The van der Waals surface area contributed by atoms with Crippen LogP contribution in [0.2, 0.25) is 0 Å². The van der Waals surface area contributed by atoms with Crippen LogP contribution < -0.4 is 26.8 Å². The zero-order chi connectivity index (χ0) is 25.1. The molecule has 0 saturated carbocycles. The Balaban J connectivity index is 2.07. The van der Waals surface area contributed by atoms with E-state index in [0.29, 0.717) is 24.6 Å². The van der Waals surface area contributed by atoms with Crippen molar-refractivity contribution in [1.82, 2.24) is 20.2 Å². The van der Waals surface area contributed by atoms with Gasteiger partial charge in [0, 0.05) is 18.9 Å². The highest BCUT2D eigenvalue weighted by Gasteiger charge is 2.17. The van der Waals surface area contributed by atoms with Crippen LogP contribution in [0.4, 0.5) is 16.4 Å². The maximum Gasteiger partial charge on any atom is 0.407 e. The SMILES string of the molecule is C=c1cnc(N)c/c1=C/C(=CC)c1ccc(NC(=O)CN(CCC)C(=O)CNC(=O)OC)nc1. The van der Waals surface area contributed by atoms with E-state index >= 15 is 0 Å². The lowest BCUT2D eigenvalue weighted by molar-refractivity contribution is -0.133. The summed E-state index contributed by atoms with van der Waals surface area (Å²) in [6.45, 7) is 7.71. The average Bonchev–Trinajstić information content (AvgIpc) is 2.83. The van der Waals surface area contributed by atoms with Gasteiger partial charge in [-0.15, -0.1) is 0 Å². The number of hydrogen-bond acceptors (Lipinski definition) is 7. The van der Waals surface area contributed by atoms with Gasteiger partial charge in [-0.3, -0.25) is 9.59 Å². The van der Waals surface area contributed by atoms with Gasteiger partial charge < -0.3 is 26.0 Å². The number of rotatable bonds is 9. The molecule has 34 heavy (non-hydrogen) atoms. The molecule has 180 valence electrons. The molecule has 0 radical (unpaired) electrons. The van der Waals surface area contributed by atoms with Gasteiger partial charge in [0.2, 0.25) is 11.8 Å².